The van der Waals surface area contributed by atoms with Gasteiger partial charge in [-0.15, -0.1) is 0 Å². The van der Waals surface area contributed by atoms with Crippen molar-refractivity contribution >= 4 is 22.0 Å². The summed E-state index contributed by atoms with van der Waals surface area (Å²) in [6.45, 7) is 7.02. The van der Waals surface area contributed by atoms with E-state index >= 15 is 0 Å². The summed E-state index contributed by atoms with van der Waals surface area (Å²) >= 11 is 3.27. The Balaban J connectivity index is 2.77. The van der Waals surface area contributed by atoms with Gasteiger partial charge in [0.2, 0.25) is 0 Å². The van der Waals surface area contributed by atoms with Crippen molar-refractivity contribution in [3.63, 3.8) is 0 Å². The number of halogens is 2. The maximum absolute atomic E-state index is 13.7. The van der Waals surface area contributed by atoms with Crippen molar-refractivity contribution in [1.29, 1.82) is 0 Å². The van der Waals surface area contributed by atoms with Crippen LogP contribution < -0.4 is 5.32 Å². The fraction of sp³-hybridized carbons (Fsp3) is 0.462. The van der Waals surface area contributed by atoms with Gasteiger partial charge in [-0.25, -0.2) is 9.18 Å². The maximum atomic E-state index is 13.7. The van der Waals surface area contributed by atoms with Gasteiger partial charge in [-0.05, 0) is 39.8 Å². The first-order chi connectivity index (χ1) is 8.20. The van der Waals surface area contributed by atoms with E-state index < -0.39 is 17.7 Å². The Labute approximate surface area is 115 Å². The van der Waals surface area contributed by atoms with Crippen LogP contribution in [0.3, 0.4) is 0 Å². The van der Waals surface area contributed by atoms with Crippen LogP contribution in [0.1, 0.15) is 39.3 Å². The summed E-state index contributed by atoms with van der Waals surface area (Å²) in [4.78, 5) is 11.6. The molecule has 1 N–H and O–H groups in total. The Morgan fingerprint density at radius 1 is 1.44 bits per heavy atom. The number of carbonyl (C=O) groups excluding carboxylic acids is 1. The number of benzene rings is 1. The zero-order chi connectivity index (χ0) is 13.9. The molecule has 1 unspecified atom stereocenters. The quantitative estimate of drug-likeness (QED) is 0.888. The second kappa shape index (κ2) is 5.69. The number of amides is 1. The molecule has 0 radical (unpaired) electrons. The molecule has 0 bridgehead atoms. The largest absolute Gasteiger partial charge is 0.444 e. The van der Waals surface area contributed by atoms with Crippen LogP contribution in [0.25, 0.3) is 0 Å². The molecule has 0 aromatic heterocycles. The van der Waals surface area contributed by atoms with Crippen molar-refractivity contribution in [2.75, 3.05) is 0 Å². The molecule has 1 aromatic rings. The summed E-state index contributed by atoms with van der Waals surface area (Å²) in [7, 11) is 0. The zero-order valence-corrected chi connectivity index (χ0v) is 12.5. The fourth-order valence-electron chi connectivity index (χ4n) is 1.48. The van der Waals surface area contributed by atoms with Crippen LogP contribution in [0.2, 0.25) is 0 Å². The second-order valence-electron chi connectivity index (χ2n) is 5.00. The van der Waals surface area contributed by atoms with Crippen LogP contribution in [0.5, 0.6) is 0 Å². The van der Waals surface area contributed by atoms with Gasteiger partial charge in [0.15, 0.2) is 0 Å². The minimum absolute atomic E-state index is 0.368. The Morgan fingerprint density at radius 2 is 2.06 bits per heavy atom. The number of hydrogen-bond donors (Lipinski definition) is 1. The molecule has 1 aromatic carbocycles. The predicted molar refractivity (Wildman–Crippen MR) is 71.9 cm³/mol. The van der Waals surface area contributed by atoms with Gasteiger partial charge in [-0.2, -0.15) is 0 Å². The Kier molecular flexibility index (Phi) is 4.73. The topological polar surface area (TPSA) is 38.3 Å². The maximum Gasteiger partial charge on any atom is 0.408 e. The smallest absolute Gasteiger partial charge is 0.408 e. The first-order valence-corrected chi connectivity index (χ1v) is 6.43. The van der Waals surface area contributed by atoms with E-state index in [1.54, 1.807) is 39.8 Å². The van der Waals surface area contributed by atoms with Crippen LogP contribution >= 0.6 is 15.9 Å². The number of carbonyl (C=O) groups is 1. The monoisotopic (exact) mass is 317 g/mol. The summed E-state index contributed by atoms with van der Waals surface area (Å²) in [5.74, 6) is -0.368. The number of ether oxygens (including phenoxy) is 1. The molecule has 1 amide bonds. The van der Waals surface area contributed by atoms with Crippen LogP contribution in [0.4, 0.5) is 9.18 Å². The molecule has 0 saturated carbocycles. The molecule has 100 valence electrons. The predicted octanol–water partition coefficient (Wildman–Crippen LogP) is 4.17. The minimum atomic E-state index is -0.573. The van der Waals surface area contributed by atoms with Crippen LogP contribution in [-0.2, 0) is 4.74 Å². The Bertz CT molecular complexity index is 423. The third kappa shape index (κ3) is 4.29. The SMILES string of the molecule is CC(NC(=O)OC(C)(C)C)c1c(F)cccc1Br. The minimum Gasteiger partial charge on any atom is -0.444 e. The van der Waals surface area contributed by atoms with Crippen molar-refractivity contribution in [3.05, 3.63) is 34.1 Å². The van der Waals surface area contributed by atoms with Gasteiger partial charge in [0.1, 0.15) is 11.4 Å². The van der Waals surface area contributed by atoms with Crippen LogP contribution in [-0.4, -0.2) is 11.7 Å². The van der Waals surface area contributed by atoms with E-state index in [2.05, 4.69) is 21.2 Å². The van der Waals surface area contributed by atoms with E-state index in [9.17, 15) is 9.18 Å². The number of hydrogen-bond acceptors (Lipinski definition) is 2. The average Bonchev–Trinajstić information content (AvgIpc) is 2.13. The van der Waals surface area contributed by atoms with Crippen molar-refractivity contribution in [2.24, 2.45) is 0 Å². The van der Waals surface area contributed by atoms with Gasteiger partial charge < -0.3 is 10.1 Å². The lowest BCUT2D eigenvalue weighted by Gasteiger charge is -2.22. The highest BCUT2D eigenvalue weighted by Gasteiger charge is 2.20. The van der Waals surface area contributed by atoms with Crippen molar-refractivity contribution < 1.29 is 13.9 Å². The van der Waals surface area contributed by atoms with Crippen molar-refractivity contribution in [3.8, 4) is 0 Å². The zero-order valence-electron chi connectivity index (χ0n) is 10.9. The molecule has 0 spiro atoms. The summed E-state index contributed by atoms with van der Waals surface area (Å²) in [6, 6.07) is 4.21. The van der Waals surface area contributed by atoms with Crippen molar-refractivity contribution in [1.82, 2.24) is 5.32 Å². The van der Waals surface area contributed by atoms with E-state index in [1.165, 1.54) is 6.07 Å². The lowest BCUT2D eigenvalue weighted by molar-refractivity contribution is 0.0507. The molecule has 0 fully saturated rings. The lowest BCUT2D eigenvalue weighted by atomic mass is 10.1. The third-order valence-corrected chi connectivity index (χ3v) is 2.86. The Morgan fingerprint density at radius 3 is 2.56 bits per heavy atom. The standard InChI is InChI=1S/C13H17BrFNO2/c1-8(16-12(17)18-13(2,3)4)11-9(14)6-5-7-10(11)15/h5-8H,1-4H3,(H,16,17). The van der Waals surface area contributed by atoms with Gasteiger partial charge in [-0.1, -0.05) is 22.0 Å². The summed E-state index contributed by atoms with van der Waals surface area (Å²) in [6.07, 6.45) is -0.565. The van der Waals surface area contributed by atoms with E-state index in [0.717, 1.165) is 0 Å². The summed E-state index contributed by atoms with van der Waals surface area (Å²) in [5, 5.41) is 2.60. The normalized spacial score (nSPS) is 13.0. The first-order valence-electron chi connectivity index (χ1n) is 5.64. The molecule has 1 rings (SSSR count). The molecule has 1 atom stereocenters. The molecular formula is C13H17BrFNO2. The molecule has 18 heavy (non-hydrogen) atoms. The fourth-order valence-corrected chi connectivity index (χ4v) is 2.17. The first kappa shape index (κ1) is 15.0. The third-order valence-electron chi connectivity index (χ3n) is 2.17. The van der Waals surface area contributed by atoms with Gasteiger partial charge >= 0.3 is 6.09 Å². The molecule has 0 aliphatic carbocycles. The highest BCUT2D eigenvalue weighted by Crippen LogP contribution is 2.26. The lowest BCUT2D eigenvalue weighted by Crippen LogP contribution is -2.34. The molecule has 3 nitrogen and oxygen atoms in total. The molecule has 0 aliphatic heterocycles. The average molecular weight is 318 g/mol. The van der Waals surface area contributed by atoms with E-state index in [1.807, 2.05) is 0 Å². The van der Waals surface area contributed by atoms with Gasteiger partial charge in [0.25, 0.3) is 0 Å². The van der Waals surface area contributed by atoms with Crippen LogP contribution in [0.15, 0.2) is 22.7 Å². The number of alkyl carbamates (subject to hydrolysis) is 1. The molecule has 0 heterocycles. The second-order valence-corrected chi connectivity index (χ2v) is 5.86. The molecule has 0 aliphatic rings. The van der Waals surface area contributed by atoms with E-state index in [0.29, 0.717) is 10.0 Å². The highest BCUT2D eigenvalue weighted by molar-refractivity contribution is 9.10. The summed E-state index contributed by atoms with van der Waals surface area (Å²) in [5.41, 5.74) is -0.167. The van der Waals surface area contributed by atoms with E-state index in [4.69, 9.17) is 4.74 Å². The number of rotatable bonds is 2. The molecular weight excluding hydrogens is 301 g/mol. The Hall–Kier alpha value is -1.10. The van der Waals surface area contributed by atoms with Crippen LogP contribution in [0, 0.1) is 5.82 Å². The van der Waals surface area contributed by atoms with E-state index in [-0.39, 0.29) is 5.82 Å². The van der Waals surface area contributed by atoms with Gasteiger partial charge in [-0.3, -0.25) is 0 Å². The van der Waals surface area contributed by atoms with Gasteiger partial charge in [0, 0.05) is 10.0 Å². The molecule has 5 heteroatoms. The van der Waals surface area contributed by atoms with Gasteiger partial charge in [0.05, 0.1) is 6.04 Å². The number of nitrogens with one attached hydrogen (secondary N) is 1. The summed E-state index contributed by atoms with van der Waals surface area (Å²) < 4.78 is 19.4. The molecule has 0 saturated heterocycles. The van der Waals surface area contributed by atoms with Crippen molar-refractivity contribution in [2.45, 2.75) is 39.3 Å². The highest BCUT2D eigenvalue weighted by atomic mass is 79.9.